The van der Waals surface area contributed by atoms with E-state index in [1.807, 2.05) is 38.1 Å². The van der Waals surface area contributed by atoms with Crippen molar-refractivity contribution in [2.75, 3.05) is 46.4 Å². The second-order valence-corrected chi connectivity index (χ2v) is 7.47. The van der Waals surface area contributed by atoms with Crippen molar-refractivity contribution in [1.29, 1.82) is 0 Å². The molecule has 0 atom stereocenters. The monoisotopic (exact) mass is 454 g/mol. The zero-order valence-electron chi connectivity index (χ0n) is 19.7. The Hall–Kier alpha value is -3.52. The van der Waals surface area contributed by atoms with Crippen LogP contribution in [0.15, 0.2) is 42.1 Å². The van der Waals surface area contributed by atoms with Gasteiger partial charge in [-0.25, -0.2) is 0 Å². The fourth-order valence-electron chi connectivity index (χ4n) is 3.65. The summed E-state index contributed by atoms with van der Waals surface area (Å²) in [5.74, 6) is 0.574. The molecule has 3 rings (SSSR count). The molecule has 33 heavy (non-hydrogen) atoms. The molecule has 0 saturated carbocycles. The van der Waals surface area contributed by atoms with Gasteiger partial charge in [-0.3, -0.25) is 14.5 Å². The average molecular weight is 455 g/mol. The quantitative estimate of drug-likeness (QED) is 0.410. The Labute approximate surface area is 194 Å². The minimum Gasteiger partial charge on any atom is -0.493 e. The van der Waals surface area contributed by atoms with Gasteiger partial charge >= 0.3 is 0 Å². The molecule has 0 spiro atoms. The Morgan fingerprint density at radius 3 is 2.09 bits per heavy atom. The lowest BCUT2D eigenvalue weighted by molar-refractivity contribution is -0.137. The van der Waals surface area contributed by atoms with Gasteiger partial charge in [-0.15, -0.1) is 0 Å². The maximum absolute atomic E-state index is 13.3. The summed E-state index contributed by atoms with van der Waals surface area (Å²) in [6.45, 7) is 5.21. The molecule has 2 aromatic rings. The Balaban J connectivity index is 2.02. The van der Waals surface area contributed by atoms with Crippen LogP contribution in [0, 0.1) is 6.92 Å². The zero-order chi connectivity index (χ0) is 24.0. The van der Waals surface area contributed by atoms with Crippen LogP contribution in [0.1, 0.15) is 24.5 Å². The first-order valence-corrected chi connectivity index (χ1v) is 10.8. The normalized spacial score (nSPS) is 13.5. The summed E-state index contributed by atoms with van der Waals surface area (Å²) < 4.78 is 21.6. The molecule has 0 radical (unpaired) electrons. The lowest BCUT2D eigenvalue weighted by atomic mass is 10.0. The summed E-state index contributed by atoms with van der Waals surface area (Å²) in [6, 6.07) is 10.9. The number of hydrogen-bond acceptors (Lipinski definition) is 7. The van der Waals surface area contributed by atoms with Gasteiger partial charge in [-0.05, 0) is 25.8 Å². The SMILES string of the molecule is CCOCCCN1C(=O)C(Nc2cc(OC)c(OC)c(OC)c2)=C(c2ccc(C)cc2)C1=O. The van der Waals surface area contributed by atoms with Gasteiger partial charge in [0.15, 0.2) is 11.5 Å². The fraction of sp³-hybridized carbons (Fsp3) is 0.360. The van der Waals surface area contributed by atoms with Crippen molar-refractivity contribution in [3.05, 3.63) is 53.2 Å². The molecule has 0 unspecified atom stereocenters. The highest BCUT2D eigenvalue weighted by Crippen LogP contribution is 2.41. The standard InChI is InChI=1S/C25H30N2O6/c1-6-33-13-7-12-27-24(28)21(17-10-8-16(2)9-11-17)22(25(27)29)26-18-14-19(30-3)23(32-5)20(15-18)31-4/h8-11,14-15,26H,6-7,12-13H2,1-5H3. The molecule has 0 bridgehead atoms. The Bertz CT molecular complexity index is 1020. The van der Waals surface area contributed by atoms with E-state index >= 15 is 0 Å². The molecule has 8 nitrogen and oxygen atoms in total. The first-order chi connectivity index (χ1) is 15.9. The van der Waals surface area contributed by atoms with Crippen LogP contribution in [0.5, 0.6) is 17.2 Å². The minimum atomic E-state index is -0.388. The van der Waals surface area contributed by atoms with Gasteiger partial charge in [0, 0.05) is 37.6 Å². The number of nitrogens with zero attached hydrogens (tertiary/aromatic N) is 1. The summed E-state index contributed by atoms with van der Waals surface area (Å²) in [4.78, 5) is 27.9. The molecule has 1 N–H and O–H groups in total. The lowest BCUT2D eigenvalue weighted by Gasteiger charge is -2.16. The molecule has 0 aliphatic carbocycles. The Morgan fingerprint density at radius 2 is 1.55 bits per heavy atom. The molecule has 2 aromatic carbocycles. The number of methoxy groups -OCH3 is 3. The largest absolute Gasteiger partial charge is 0.493 e. The van der Waals surface area contributed by atoms with Crippen molar-refractivity contribution >= 4 is 23.1 Å². The molecule has 1 aliphatic heterocycles. The van der Waals surface area contributed by atoms with E-state index in [0.29, 0.717) is 53.7 Å². The molecule has 2 amide bonds. The first kappa shape index (κ1) is 24.1. The van der Waals surface area contributed by atoms with Crippen LogP contribution in [0.3, 0.4) is 0 Å². The number of hydrogen-bond donors (Lipinski definition) is 1. The van der Waals surface area contributed by atoms with Crippen molar-refractivity contribution in [3.8, 4) is 17.2 Å². The Morgan fingerprint density at radius 1 is 0.909 bits per heavy atom. The van der Waals surface area contributed by atoms with Crippen LogP contribution in [-0.2, 0) is 14.3 Å². The second kappa shape index (κ2) is 10.9. The third-order valence-corrected chi connectivity index (χ3v) is 5.32. The third-order valence-electron chi connectivity index (χ3n) is 5.32. The number of amides is 2. The summed E-state index contributed by atoms with van der Waals surface area (Å²) in [7, 11) is 4.55. The maximum Gasteiger partial charge on any atom is 0.278 e. The van der Waals surface area contributed by atoms with Gasteiger partial charge in [-0.2, -0.15) is 0 Å². The number of rotatable bonds is 11. The fourth-order valence-corrected chi connectivity index (χ4v) is 3.65. The Kier molecular flexibility index (Phi) is 7.95. The molecule has 0 fully saturated rings. The smallest absolute Gasteiger partial charge is 0.278 e. The molecular weight excluding hydrogens is 424 g/mol. The number of benzene rings is 2. The topological polar surface area (TPSA) is 86.3 Å². The number of carbonyl (C=O) groups is 2. The molecule has 8 heteroatoms. The predicted octanol–water partition coefficient (Wildman–Crippen LogP) is 3.64. The van der Waals surface area contributed by atoms with E-state index in [1.165, 1.54) is 26.2 Å². The van der Waals surface area contributed by atoms with Crippen LogP contribution in [0.25, 0.3) is 5.57 Å². The number of carbonyl (C=O) groups excluding carboxylic acids is 2. The molecule has 0 saturated heterocycles. The van der Waals surface area contributed by atoms with Gasteiger partial charge in [0.25, 0.3) is 11.8 Å². The van der Waals surface area contributed by atoms with Gasteiger partial charge in [0.2, 0.25) is 5.75 Å². The zero-order valence-corrected chi connectivity index (χ0v) is 19.7. The number of aryl methyl sites for hydroxylation is 1. The van der Waals surface area contributed by atoms with Gasteiger partial charge in [0.1, 0.15) is 5.70 Å². The van der Waals surface area contributed by atoms with Crippen molar-refractivity contribution in [1.82, 2.24) is 4.90 Å². The van der Waals surface area contributed by atoms with Crippen LogP contribution in [0.2, 0.25) is 0 Å². The van der Waals surface area contributed by atoms with Crippen LogP contribution >= 0.6 is 0 Å². The average Bonchev–Trinajstić information content (AvgIpc) is 3.05. The highest BCUT2D eigenvalue weighted by atomic mass is 16.5. The molecular formula is C25H30N2O6. The summed E-state index contributed by atoms with van der Waals surface area (Å²) >= 11 is 0. The van der Waals surface area contributed by atoms with Crippen molar-refractivity contribution in [2.24, 2.45) is 0 Å². The first-order valence-electron chi connectivity index (χ1n) is 10.8. The lowest BCUT2D eigenvalue weighted by Crippen LogP contribution is -2.34. The van der Waals surface area contributed by atoms with Crippen molar-refractivity contribution in [2.45, 2.75) is 20.3 Å². The van der Waals surface area contributed by atoms with Gasteiger partial charge in [0.05, 0.1) is 26.9 Å². The molecule has 176 valence electrons. The number of anilines is 1. The van der Waals surface area contributed by atoms with Crippen LogP contribution < -0.4 is 19.5 Å². The van der Waals surface area contributed by atoms with E-state index in [-0.39, 0.29) is 24.1 Å². The van der Waals surface area contributed by atoms with E-state index in [2.05, 4.69) is 5.32 Å². The maximum atomic E-state index is 13.3. The van der Waals surface area contributed by atoms with Crippen molar-refractivity contribution in [3.63, 3.8) is 0 Å². The van der Waals surface area contributed by atoms with E-state index in [4.69, 9.17) is 18.9 Å². The highest BCUT2D eigenvalue weighted by Gasteiger charge is 2.39. The third kappa shape index (κ3) is 5.12. The second-order valence-electron chi connectivity index (χ2n) is 7.47. The van der Waals surface area contributed by atoms with E-state index in [0.717, 1.165) is 5.56 Å². The minimum absolute atomic E-state index is 0.203. The summed E-state index contributed by atoms with van der Waals surface area (Å²) in [5, 5.41) is 3.14. The van der Waals surface area contributed by atoms with E-state index in [1.54, 1.807) is 12.1 Å². The summed E-state index contributed by atoms with van der Waals surface area (Å²) in [6.07, 6.45) is 0.559. The number of ether oxygens (including phenoxy) is 4. The van der Waals surface area contributed by atoms with Crippen molar-refractivity contribution < 1.29 is 28.5 Å². The number of imide groups is 1. The molecule has 1 aliphatic rings. The van der Waals surface area contributed by atoms with Crippen LogP contribution in [-0.4, -0.2) is 57.8 Å². The van der Waals surface area contributed by atoms with E-state index in [9.17, 15) is 9.59 Å². The van der Waals surface area contributed by atoms with Crippen LogP contribution in [0.4, 0.5) is 5.69 Å². The van der Waals surface area contributed by atoms with Gasteiger partial charge < -0.3 is 24.3 Å². The number of nitrogens with one attached hydrogen (secondary N) is 1. The highest BCUT2D eigenvalue weighted by molar-refractivity contribution is 6.36. The van der Waals surface area contributed by atoms with Gasteiger partial charge in [-0.1, -0.05) is 29.8 Å². The molecule has 1 heterocycles. The predicted molar refractivity (Wildman–Crippen MR) is 126 cm³/mol. The summed E-state index contributed by atoms with van der Waals surface area (Å²) in [5.41, 5.74) is 2.78. The van der Waals surface area contributed by atoms with E-state index < -0.39 is 0 Å². The molecule has 0 aromatic heterocycles.